The lowest BCUT2D eigenvalue weighted by Gasteiger charge is -2.07. The number of hydrogen-bond donors (Lipinski definition) is 3. The van der Waals surface area contributed by atoms with Crippen LogP contribution in [0.15, 0.2) is 12.1 Å². The molecule has 0 saturated carbocycles. The molecule has 0 aliphatic heterocycles. The fraction of sp³-hybridized carbons (Fsp3) is 0.364. The van der Waals surface area contributed by atoms with Gasteiger partial charge in [0.2, 0.25) is 5.91 Å². The summed E-state index contributed by atoms with van der Waals surface area (Å²) in [6.07, 6.45) is 0. The van der Waals surface area contributed by atoms with Gasteiger partial charge in [-0.25, -0.2) is 4.98 Å². The lowest BCUT2D eigenvalue weighted by Crippen LogP contribution is -2.38. The number of aromatic nitrogens is 1. The van der Waals surface area contributed by atoms with E-state index in [1.54, 1.807) is 0 Å². The van der Waals surface area contributed by atoms with Crippen LogP contribution in [0.25, 0.3) is 0 Å². The molecule has 0 aliphatic rings. The van der Waals surface area contributed by atoms with Gasteiger partial charge in [0.1, 0.15) is 11.5 Å². The van der Waals surface area contributed by atoms with Gasteiger partial charge >= 0.3 is 0 Å². The zero-order chi connectivity index (χ0) is 14.3. The minimum Gasteiger partial charge on any atom is -0.384 e. The molecule has 0 fully saturated rings. The highest BCUT2D eigenvalue weighted by Gasteiger charge is 2.13. The zero-order valence-corrected chi connectivity index (χ0v) is 11.2. The number of halogens is 1. The molecule has 8 heteroatoms. The van der Waals surface area contributed by atoms with Crippen LogP contribution < -0.4 is 16.4 Å². The quantitative estimate of drug-likeness (QED) is 0.629. The number of anilines is 1. The zero-order valence-electron chi connectivity index (χ0n) is 10.4. The van der Waals surface area contributed by atoms with Crippen molar-refractivity contribution in [2.24, 2.45) is 0 Å². The maximum Gasteiger partial charge on any atom is 0.271 e. The summed E-state index contributed by atoms with van der Waals surface area (Å²) in [6, 6.07) is 2.95. The number of nitrogen functional groups attached to an aromatic ring is 1. The summed E-state index contributed by atoms with van der Waals surface area (Å²) in [7, 11) is 1.53. The first-order valence-corrected chi connectivity index (χ1v) is 5.88. The predicted molar refractivity (Wildman–Crippen MR) is 70.9 cm³/mol. The van der Waals surface area contributed by atoms with Crippen molar-refractivity contribution in [3.8, 4) is 0 Å². The molecule has 0 radical (unpaired) electrons. The van der Waals surface area contributed by atoms with Crippen molar-refractivity contribution >= 4 is 29.2 Å². The van der Waals surface area contributed by atoms with Crippen molar-refractivity contribution in [3.63, 3.8) is 0 Å². The molecule has 0 aliphatic carbocycles. The molecule has 1 aromatic heterocycles. The molecule has 4 N–H and O–H groups in total. The first-order valence-electron chi connectivity index (χ1n) is 5.50. The SMILES string of the molecule is COCCNC(=O)CNC(=O)c1nc(N)ccc1Cl. The van der Waals surface area contributed by atoms with Crippen LogP contribution in [-0.4, -0.2) is 43.6 Å². The largest absolute Gasteiger partial charge is 0.384 e. The Hall–Kier alpha value is -1.86. The van der Waals surface area contributed by atoms with Gasteiger partial charge in [-0.3, -0.25) is 9.59 Å². The van der Waals surface area contributed by atoms with Gasteiger partial charge in [-0.05, 0) is 12.1 Å². The number of nitrogens with zero attached hydrogens (tertiary/aromatic N) is 1. The third-order valence-electron chi connectivity index (χ3n) is 2.12. The summed E-state index contributed by atoms with van der Waals surface area (Å²) < 4.78 is 4.77. The monoisotopic (exact) mass is 286 g/mol. The first kappa shape index (κ1) is 15.2. The Kier molecular flexibility index (Phi) is 6.04. The normalized spacial score (nSPS) is 10.0. The van der Waals surface area contributed by atoms with Crippen molar-refractivity contribution in [1.82, 2.24) is 15.6 Å². The fourth-order valence-corrected chi connectivity index (χ4v) is 1.41. The standard InChI is InChI=1S/C11H15ClN4O3/c1-19-5-4-14-9(17)6-15-11(18)10-7(12)2-3-8(13)16-10/h2-3H,4-6H2,1H3,(H2,13,16)(H,14,17)(H,15,18). The van der Waals surface area contributed by atoms with Gasteiger partial charge in [0, 0.05) is 13.7 Å². The van der Waals surface area contributed by atoms with Gasteiger partial charge in [-0.15, -0.1) is 0 Å². The highest BCUT2D eigenvalue weighted by molar-refractivity contribution is 6.33. The average molecular weight is 287 g/mol. The van der Waals surface area contributed by atoms with Gasteiger partial charge < -0.3 is 21.1 Å². The molecular formula is C11H15ClN4O3. The van der Waals surface area contributed by atoms with E-state index in [0.717, 1.165) is 0 Å². The van der Waals surface area contributed by atoms with E-state index in [-0.39, 0.29) is 29.0 Å². The summed E-state index contributed by atoms with van der Waals surface area (Å²) in [4.78, 5) is 26.9. The fourth-order valence-electron chi connectivity index (χ4n) is 1.22. The third kappa shape index (κ3) is 5.11. The smallest absolute Gasteiger partial charge is 0.271 e. The molecule has 0 atom stereocenters. The van der Waals surface area contributed by atoms with Crippen molar-refractivity contribution in [1.29, 1.82) is 0 Å². The molecule has 0 unspecified atom stereocenters. The van der Waals surface area contributed by atoms with Crippen LogP contribution in [0, 0.1) is 0 Å². The predicted octanol–water partition coefficient (Wildman–Crippen LogP) is -0.190. The molecule has 1 aromatic rings. The first-order chi connectivity index (χ1) is 9.04. The van der Waals surface area contributed by atoms with Gasteiger partial charge in [0.15, 0.2) is 0 Å². The Balaban J connectivity index is 2.47. The third-order valence-corrected chi connectivity index (χ3v) is 2.43. The molecule has 7 nitrogen and oxygen atoms in total. The number of pyridine rings is 1. The number of methoxy groups -OCH3 is 1. The molecule has 19 heavy (non-hydrogen) atoms. The van der Waals surface area contributed by atoms with E-state index in [2.05, 4.69) is 15.6 Å². The van der Waals surface area contributed by atoms with Crippen molar-refractivity contribution in [2.45, 2.75) is 0 Å². The highest BCUT2D eigenvalue weighted by atomic mass is 35.5. The van der Waals surface area contributed by atoms with Crippen LogP contribution in [-0.2, 0) is 9.53 Å². The van der Waals surface area contributed by atoms with Crippen molar-refractivity contribution < 1.29 is 14.3 Å². The minimum absolute atomic E-state index is 0.00800. The molecule has 1 rings (SSSR count). The van der Waals surface area contributed by atoms with Gasteiger partial charge in [-0.1, -0.05) is 11.6 Å². The summed E-state index contributed by atoms with van der Waals surface area (Å²) in [5.74, 6) is -0.705. The van der Waals surface area contributed by atoms with Crippen LogP contribution in [0.5, 0.6) is 0 Å². The van der Waals surface area contributed by atoms with E-state index >= 15 is 0 Å². The molecule has 0 aromatic carbocycles. The van der Waals surface area contributed by atoms with Crippen molar-refractivity contribution in [3.05, 3.63) is 22.8 Å². The maximum atomic E-state index is 11.7. The van der Waals surface area contributed by atoms with Crippen LogP contribution in [0.4, 0.5) is 5.82 Å². The second kappa shape index (κ2) is 7.55. The lowest BCUT2D eigenvalue weighted by atomic mass is 10.3. The van der Waals surface area contributed by atoms with Crippen LogP contribution in [0.2, 0.25) is 5.02 Å². The second-order valence-electron chi connectivity index (χ2n) is 3.59. The topological polar surface area (TPSA) is 106 Å². The molecule has 0 bridgehead atoms. The summed E-state index contributed by atoms with van der Waals surface area (Å²) in [5.41, 5.74) is 5.45. The lowest BCUT2D eigenvalue weighted by molar-refractivity contribution is -0.120. The highest BCUT2D eigenvalue weighted by Crippen LogP contribution is 2.14. The average Bonchev–Trinajstić information content (AvgIpc) is 2.39. The Labute approximate surface area is 115 Å². The van der Waals surface area contributed by atoms with Gasteiger partial charge in [0.25, 0.3) is 5.91 Å². The summed E-state index contributed by atoms with van der Waals surface area (Å²) in [5, 5.41) is 5.13. The van der Waals surface area contributed by atoms with E-state index < -0.39 is 5.91 Å². The number of amides is 2. The van der Waals surface area contributed by atoms with Crippen LogP contribution >= 0.6 is 11.6 Å². The van der Waals surface area contributed by atoms with Gasteiger partial charge in [0.05, 0.1) is 18.2 Å². The van der Waals surface area contributed by atoms with E-state index in [1.807, 2.05) is 0 Å². The Morgan fingerprint density at radius 3 is 2.84 bits per heavy atom. The minimum atomic E-state index is -0.556. The number of nitrogens with two attached hydrogens (primary N) is 1. The second-order valence-corrected chi connectivity index (χ2v) is 4.00. The van der Waals surface area contributed by atoms with E-state index in [1.165, 1.54) is 19.2 Å². The Bertz CT molecular complexity index is 467. The Morgan fingerprint density at radius 1 is 1.42 bits per heavy atom. The van der Waals surface area contributed by atoms with E-state index in [4.69, 9.17) is 22.1 Å². The van der Waals surface area contributed by atoms with Crippen LogP contribution in [0.1, 0.15) is 10.5 Å². The number of carbonyl (C=O) groups is 2. The van der Waals surface area contributed by atoms with E-state index in [0.29, 0.717) is 13.2 Å². The maximum absolute atomic E-state index is 11.7. The number of ether oxygens (including phenoxy) is 1. The number of hydrogen-bond acceptors (Lipinski definition) is 5. The number of carbonyl (C=O) groups excluding carboxylic acids is 2. The van der Waals surface area contributed by atoms with Gasteiger partial charge in [-0.2, -0.15) is 0 Å². The summed E-state index contributed by atoms with van der Waals surface area (Å²) in [6.45, 7) is 0.611. The molecule has 0 saturated heterocycles. The number of rotatable bonds is 6. The Morgan fingerprint density at radius 2 is 2.16 bits per heavy atom. The molecule has 1 heterocycles. The number of nitrogens with one attached hydrogen (secondary N) is 2. The van der Waals surface area contributed by atoms with E-state index in [9.17, 15) is 9.59 Å². The van der Waals surface area contributed by atoms with Crippen molar-refractivity contribution in [2.75, 3.05) is 32.5 Å². The molecule has 104 valence electrons. The van der Waals surface area contributed by atoms with Crippen LogP contribution in [0.3, 0.4) is 0 Å². The molecule has 2 amide bonds. The molecule has 0 spiro atoms. The summed E-state index contributed by atoms with van der Waals surface area (Å²) >= 11 is 5.81. The molecular weight excluding hydrogens is 272 g/mol.